The summed E-state index contributed by atoms with van der Waals surface area (Å²) in [5, 5.41) is 10.1. The van der Waals surface area contributed by atoms with Gasteiger partial charge >= 0.3 is 0 Å². The molecule has 0 atom stereocenters. The van der Waals surface area contributed by atoms with E-state index in [1.807, 2.05) is 20.8 Å². The lowest BCUT2D eigenvalue weighted by Gasteiger charge is -2.09. The number of rotatable bonds is 5. The number of amides is 1. The van der Waals surface area contributed by atoms with Crippen LogP contribution < -0.4 is 10.6 Å². The lowest BCUT2D eigenvalue weighted by molar-refractivity contribution is 0.102. The van der Waals surface area contributed by atoms with E-state index in [9.17, 15) is 4.79 Å². The highest BCUT2D eigenvalue weighted by molar-refractivity contribution is 9.10. The van der Waals surface area contributed by atoms with Crippen molar-refractivity contribution in [3.05, 3.63) is 34.7 Å². The second-order valence-corrected chi connectivity index (χ2v) is 5.75. The number of carbonyl (C=O) groups is 1. The molecule has 2 rings (SSSR count). The van der Waals surface area contributed by atoms with E-state index in [-0.39, 0.29) is 11.9 Å². The van der Waals surface area contributed by atoms with Gasteiger partial charge in [-0.25, -0.2) is 4.98 Å². The summed E-state index contributed by atoms with van der Waals surface area (Å²) in [5.74, 6) is 0.345. The number of carbonyl (C=O) groups excluding carboxylic acids is 1. The predicted molar refractivity (Wildman–Crippen MR) is 86.7 cm³/mol. The topological polar surface area (TPSA) is 71.8 Å². The van der Waals surface area contributed by atoms with Crippen LogP contribution in [-0.2, 0) is 0 Å². The van der Waals surface area contributed by atoms with Gasteiger partial charge in [0, 0.05) is 29.5 Å². The molecule has 0 unspecified atom stereocenters. The van der Waals surface area contributed by atoms with E-state index in [1.165, 1.54) is 0 Å². The van der Waals surface area contributed by atoms with Crippen LogP contribution in [0.3, 0.4) is 0 Å². The molecule has 0 aromatic carbocycles. The molecule has 1 amide bonds. The number of pyridine rings is 1. The third-order valence-corrected chi connectivity index (χ3v) is 3.27. The molecule has 0 saturated carbocycles. The highest BCUT2D eigenvalue weighted by Gasteiger charge is 2.14. The molecule has 2 heterocycles. The van der Waals surface area contributed by atoms with Crippen LogP contribution in [0, 0.1) is 0 Å². The van der Waals surface area contributed by atoms with E-state index >= 15 is 0 Å². The Kier molecular flexibility index (Phi) is 4.95. The summed E-state index contributed by atoms with van der Waals surface area (Å²) in [5.41, 5.74) is 1.15. The largest absolute Gasteiger partial charge is 0.370 e. The number of hydrogen-bond donors (Lipinski definition) is 2. The molecular weight excluding hydrogens is 334 g/mol. The molecule has 21 heavy (non-hydrogen) atoms. The summed E-state index contributed by atoms with van der Waals surface area (Å²) in [7, 11) is 0. The van der Waals surface area contributed by atoms with Crippen LogP contribution in [0.4, 0.5) is 11.5 Å². The van der Waals surface area contributed by atoms with Gasteiger partial charge in [-0.2, -0.15) is 5.10 Å². The lowest BCUT2D eigenvalue weighted by Crippen LogP contribution is -2.15. The van der Waals surface area contributed by atoms with Crippen LogP contribution in [-0.4, -0.2) is 27.2 Å². The highest BCUT2D eigenvalue weighted by atomic mass is 79.9. The van der Waals surface area contributed by atoms with Crippen molar-refractivity contribution in [2.45, 2.75) is 26.8 Å². The third kappa shape index (κ3) is 3.81. The molecule has 112 valence electrons. The summed E-state index contributed by atoms with van der Waals surface area (Å²) in [6.07, 6.45) is 5.10. The quantitative estimate of drug-likeness (QED) is 0.866. The maximum atomic E-state index is 12.4. The molecule has 2 aromatic rings. The number of halogens is 1. The van der Waals surface area contributed by atoms with Crippen LogP contribution in [0.5, 0.6) is 0 Å². The fourth-order valence-corrected chi connectivity index (χ4v) is 2.14. The second-order valence-electron chi connectivity index (χ2n) is 4.84. The van der Waals surface area contributed by atoms with Gasteiger partial charge in [-0.05, 0) is 42.8 Å². The van der Waals surface area contributed by atoms with E-state index in [0.29, 0.717) is 23.6 Å². The smallest absolute Gasteiger partial charge is 0.259 e. The van der Waals surface area contributed by atoms with E-state index < -0.39 is 0 Å². The van der Waals surface area contributed by atoms with Crippen LogP contribution >= 0.6 is 15.9 Å². The summed E-state index contributed by atoms with van der Waals surface area (Å²) in [4.78, 5) is 16.6. The average molecular weight is 352 g/mol. The minimum absolute atomic E-state index is 0.219. The Morgan fingerprint density at radius 3 is 2.81 bits per heavy atom. The summed E-state index contributed by atoms with van der Waals surface area (Å²) >= 11 is 3.34. The molecule has 6 nitrogen and oxygen atoms in total. The van der Waals surface area contributed by atoms with Crippen LogP contribution in [0.2, 0.25) is 0 Å². The zero-order valence-electron chi connectivity index (χ0n) is 12.2. The Morgan fingerprint density at radius 1 is 1.43 bits per heavy atom. The number of anilines is 2. The maximum Gasteiger partial charge on any atom is 0.259 e. The van der Waals surface area contributed by atoms with Gasteiger partial charge < -0.3 is 10.6 Å². The lowest BCUT2D eigenvalue weighted by atomic mass is 10.2. The van der Waals surface area contributed by atoms with Crippen molar-refractivity contribution in [1.82, 2.24) is 14.8 Å². The first-order valence-electron chi connectivity index (χ1n) is 6.76. The minimum atomic E-state index is -0.219. The Morgan fingerprint density at radius 2 is 2.19 bits per heavy atom. The number of hydrogen-bond acceptors (Lipinski definition) is 4. The van der Waals surface area contributed by atoms with Gasteiger partial charge in [0.25, 0.3) is 5.91 Å². The van der Waals surface area contributed by atoms with E-state index in [2.05, 4.69) is 36.6 Å². The molecule has 0 aliphatic carbocycles. The molecular formula is C14H18BrN5O. The van der Waals surface area contributed by atoms with E-state index in [0.717, 1.165) is 4.47 Å². The second kappa shape index (κ2) is 6.71. The SMILES string of the molecule is CCNc1ncc(Br)cc1C(=O)Nc1cnn(C(C)C)c1. The van der Waals surface area contributed by atoms with Crippen LogP contribution in [0.25, 0.3) is 0 Å². The average Bonchev–Trinajstić information content (AvgIpc) is 2.89. The first-order chi connectivity index (χ1) is 10.0. The monoisotopic (exact) mass is 351 g/mol. The Balaban J connectivity index is 2.21. The zero-order chi connectivity index (χ0) is 15.4. The van der Waals surface area contributed by atoms with Gasteiger partial charge in [-0.3, -0.25) is 9.48 Å². The predicted octanol–water partition coefficient (Wildman–Crippen LogP) is 3.31. The molecule has 0 bridgehead atoms. The molecule has 0 fully saturated rings. The summed E-state index contributed by atoms with van der Waals surface area (Å²) in [6, 6.07) is 1.99. The van der Waals surface area contributed by atoms with Crippen LogP contribution in [0.1, 0.15) is 37.2 Å². The summed E-state index contributed by atoms with van der Waals surface area (Å²) < 4.78 is 2.55. The zero-order valence-corrected chi connectivity index (χ0v) is 13.8. The summed E-state index contributed by atoms with van der Waals surface area (Å²) in [6.45, 7) is 6.71. The van der Waals surface area contributed by atoms with Gasteiger partial charge in [0.1, 0.15) is 5.82 Å². The van der Waals surface area contributed by atoms with Crippen molar-refractivity contribution in [3.63, 3.8) is 0 Å². The van der Waals surface area contributed by atoms with Crippen LogP contribution in [0.15, 0.2) is 29.1 Å². The Labute approximate surface area is 132 Å². The standard InChI is InChI=1S/C14H18BrN5O/c1-4-16-13-12(5-10(15)6-17-13)14(21)19-11-7-18-20(8-11)9(2)3/h5-9H,4H2,1-3H3,(H,16,17)(H,19,21). The first kappa shape index (κ1) is 15.5. The molecule has 2 N–H and O–H groups in total. The van der Waals surface area contributed by atoms with Gasteiger partial charge in [0.15, 0.2) is 0 Å². The van der Waals surface area contributed by atoms with Crippen molar-refractivity contribution in [2.24, 2.45) is 0 Å². The van der Waals surface area contributed by atoms with E-state index in [4.69, 9.17) is 0 Å². The minimum Gasteiger partial charge on any atom is -0.370 e. The van der Waals surface area contributed by atoms with Crippen molar-refractivity contribution in [2.75, 3.05) is 17.2 Å². The molecule has 7 heteroatoms. The Bertz CT molecular complexity index is 638. The molecule has 0 aliphatic rings. The highest BCUT2D eigenvalue weighted by Crippen LogP contribution is 2.20. The molecule has 0 radical (unpaired) electrons. The first-order valence-corrected chi connectivity index (χ1v) is 7.55. The molecule has 0 spiro atoms. The van der Waals surface area contributed by atoms with Crippen molar-refractivity contribution < 1.29 is 4.79 Å². The van der Waals surface area contributed by atoms with Crippen molar-refractivity contribution >= 4 is 33.3 Å². The molecule has 0 saturated heterocycles. The number of nitrogens with zero attached hydrogens (tertiary/aromatic N) is 3. The van der Waals surface area contributed by atoms with Crippen molar-refractivity contribution in [1.29, 1.82) is 0 Å². The number of aromatic nitrogens is 3. The Hall–Kier alpha value is -1.89. The van der Waals surface area contributed by atoms with Gasteiger partial charge in [0.05, 0.1) is 17.4 Å². The fourth-order valence-electron chi connectivity index (χ4n) is 1.80. The maximum absolute atomic E-state index is 12.4. The van der Waals surface area contributed by atoms with Gasteiger partial charge in [-0.1, -0.05) is 0 Å². The van der Waals surface area contributed by atoms with E-state index in [1.54, 1.807) is 29.3 Å². The number of nitrogens with one attached hydrogen (secondary N) is 2. The third-order valence-electron chi connectivity index (χ3n) is 2.83. The van der Waals surface area contributed by atoms with Gasteiger partial charge in [-0.15, -0.1) is 0 Å². The van der Waals surface area contributed by atoms with Gasteiger partial charge in [0.2, 0.25) is 0 Å². The molecule has 0 aliphatic heterocycles. The fraction of sp³-hybridized carbons (Fsp3) is 0.357. The normalized spacial score (nSPS) is 10.7. The molecule has 2 aromatic heterocycles. The van der Waals surface area contributed by atoms with Crippen molar-refractivity contribution in [3.8, 4) is 0 Å².